The molecule has 24 heavy (non-hydrogen) atoms. The number of hydrogen-bond donors (Lipinski definition) is 2. The van der Waals surface area contributed by atoms with E-state index in [4.69, 9.17) is 21.4 Å². The van der Waals surface area contributed by atoms with Crippen LogP contribution in [0.4, 0.5) is 5.69 Å². The largest absolute Gasteiger partial charge is 0.493 e. The zero-order chi connectivity index (χ0) is 17.7. The number of hydrogen-bond acceptors (Lipinski definition) is 3. The summed E-state index contributed by atoms with van der Waals surface area (Å²) in [7, 11) is 0. The van der Waals surface area contributed by atoms with Crippen molar-refractivity contribution >= 4 is 29.2 Å². The van der Waals surface area contributed by atoms with Crippen molar-refractivity contribution in [1.29, 1.82) is 0 Å². The molecule has 0 fully saturated rings. The van der Waals surface area contributed by atoms with E-state index in [2.05, 4.69) is 5.32 Å². The van der Waals surface area contributed by atoms with Gasteiger partial charge in [0, 0.05) is 11.3 Å². The normalized spacial score (nSPS) is 10.5. The van der Waals surface area contributed by atoms with Gasteiger partial charge in [-0.1, -0.05) is 31.5 Å². The molecule has 0 aliphatic rings. The monoisotopic (exact) mass is 347 g/mol. The Hall–Kier alpha value is -2.53. The summed E-state index contributed by atoms with van der Waals surface area (Å²) in [5.41, 5.74) is 0.710. The van der Waals surface area contributed by atoms with Gasteiger partial charge >= 0.3 is 5.97 Å². The summed E-state index contributed by atoms with van der Waals surface area (Å²) in [5.74, 6) is -0.520. The Morgan fingerprint density at radius 1 is 1.21 bits per heavy atom. The fourth-order valence-corrected chi connectivity index (χ4v) is 2.16. The Labute approximate surface area is 145 Å². The second-order valence-electron chi connectivity index (χ2n) is 5.69. The number of carbonyl (C=O) groups is 2. The minimum absolute atomic E-state index is 0.0662. The first-order chi connectivity index (χ1) is 11.4. The second-order valence-corrected chi connectivity index (χ2v) is 6.09. The van der Waals surface area contributed by atoms with Crippen LogP contribution in [0.25, 0.3) is 0 Å². The number of anilines is 1. The van der Waals surface area contributed by atoms with Gasteiger partial charge in [-0.15, -0.1) is 0 Å². The Morgan fingerprint density at radius 2 is 1.96 bits per heavy atom. The Kier molecular flexibility index (Phi) is 5.82. The summed E-state index contributed by atoms with van der Waals surface area (Å²) in [6.45, 7) is 4.64. The van der Waals surface area contributed by atoms with Crippen LogP contribution in [-0.4, -0.2) is 23.6 Å². The molecule has 126 valence electrons. The van der Waals surface area contributed by atoms with Crippen LogP contribution >= 0.6 is 11.6 Å². The molecule has 0 saturated carbocycles. The quantitative estimate of drug-likeness (QED) is 0.815. The van der Waals surface area contributed by atoms with Gasteiger partial charge in [0.1, 0.15) is 5.75 Å². The smallest absolute Gasteiger partial charge is 0.337 e. The van der Waals surface area contributed by atoms with Crippen LogP contribution in [0, 0.1) is 5.92 Å². The molecule has 0 aliphatic carbocycles. The molecule has 0 spiro atoms. The van der Waals surface area contributed by atoms with Crippen LogP contribution in [0.1, 0.15) is 34.6 Å². The minimum atomic E-state index is -1.15. The lowest BCUT2D eigenvalue weighted by Gasteiger charge is -2.11. The number of ether oxygens (including phenoxy) is 1. The highest BCUT2D eigenvalue weighted by atomic mass is 35.5. The SMILES string of the molecule is CC(C)COc1cccc(C(=O)Nc2ccc(Cl)c(C(=O)O)c2)c1. The number of halogens is 1. The van der Waals surface area contributed by atoms with E-state index in [9.17, 15) is 9.59 Å². The average Bonchev–Trinajstić information content (AvgIpc) is 2.54. The summed E-state index contributed by atoms with van der Waals surface area (Å²) >= 11 is 5.82. The number of benzene rings is 2. The third-order valence-corrected chi connectivity index (χ3v) is 3.46. The van der Waals surface area contributed by atoms with Crippen molar-refractivity contribution in [2.24, 2.45) is 5.92 Å². The van der Waals surface area contributed by atoms with E-state index in [1.807, 2.05) is 13.8 Å². The van der Waals surface area contributed by atoms with Gasteiger partial charge in [-0.25, -0.2) is 4.79 Å². The molecule has 6 heteroatoms. The number of rotatable bonds is 6. The summed E-state index contributed by atoms with van der Waals surface area (Å²) < 4.78 is 5.60. The number of carboxylic acid groups (broad SMARTS) is 1. The number of carboxylic acids is 1. The molecule has 0 heterocycles. The molecule has 2 N–H and O–H groups in total. The molecule has 0 radical (unpaired) electrons. The third-order valence-electron chi connectivity index (χ3n) is 3.13. The van der Waals surface area contributed by atoms with Gasteiger partial charge < -0.3 is 15.2 Å². The number of nitrogens with one attached hydrogen (secondary N) is 1. The van der Waals surface area contributed by atoms with Crippen molar-refractivity contribution in [3.05, 3.63) is 58.6 Å². The molecule has 0 unspecified atom stereocenters. The van der Waals surface area contributed by atoms with Crippen LogP contribution < -0.4 is 10.1 Å². The molecular formula is C18H18ClNO4. The highest BCUT2D eigenvalue weighted by Crippen LogP contribution is 2.22. The first kappa shape index (κ1) is 17.8. The molecule has 0 atom stereocenters. The van der Waals surface area contributed by atoms with Gasteiger partial charge in [-0.2, -0.15) is 0 Å². The minimum Gasteiger partial charge on any atom is -0.493 e. The summed E-state index contributed by atoms with van der Waals surface area (Å²) in [4.78, 5) is 23.4. The first-order valence-electron chi connectivity index (χ1n) is 7.44. The molecule has 1 amide bonds. The predicted molar refractivity (Wildman–Crippen MR) is 93.1 cm³/mol. The fourth-order valence-electron chi connectivity index (χ4n) is 1.96. The molecule has 0 saturated heterocycles. The summed E-state index contributed by atoms with van der Waals surface area (Å²) in [6.07, 6.45) is 0. The molecule has 0 bridgehead atoms. The van der Waals surface area contributed by atoms with E-state index in [1.165, 1.54) is 12.1 Å². The standard InChI is InChI=1S/C18H18ClNO4/c1-11(2)10-24-14-5-3-4-12(8-14)17(21)20-13-6-7-16(19)15(9-13)18(22)23/h3-9,11H,10H2,1-2H3,(H,20,21)(H,22,23). The van der Waals surface area contributed by atoms with Crippen molar-refractivity contribution in [2.75, 3.05) is 11.9 Å². The maximum atomic E-state index is 12.3. The van der Waals surface area contributed by atoms with Gasteiger partial charge in [-0.05, 0) is 42.3 Å². The lowest BCUT2D eigenvalue weighted by Crippen LogP contribution is -2.13. The highest BCUT2D eigenvalue weighted by molar-refractivity contribution is 6.33. The topological polar surface area (TPSA) is 75.6 Å². The predicted octanol–water partition coefficient (Wildman–Crippen LogP) is 4.33. The molecule has 2 aromatic rings. The van der Waals surface area contributed by atoms with Gasteiger partial charge in [0.2, 0.25) is 0 Å². The third kappa shape index (κ3) is 4.73. The average molecular weight is 348 g/mol. The molecule has 2 aromatic carbocycles. The maximum absolute atomic E-state index is 12.3. The van der Waals surface area contributed by atoms with Gasteiger partial charge in [0.15, 0.2) is 0 Å². The fraction of sp³-hybridized carbons (Fsp3) is 0.222. The van der Waals surface area contributed by atoms with Crippen LogP contribution in [0.15, 0.2) is 42.5 Å². The molecule has 2 rings (SSSR count). The van der Waals surface area contributed by atoms with E-state index in [0.29, 0.717) is 29.5 Å². The lowest BCUT2D eigenvalue weighted by atomic mass is 10.1. The van der Waals surface area contributed by atoms with Crippen molar-refractivity contribution in [3.63, 3.8) is 0 Å². The van der Waals surface area contributed by atoms with Gasteiger partial charge in [-0.3, -0.25) is 4.79 Å². The molecule has 5 nitrogen and oxygen atoms in total. The number of aromatic carboxylic acids is 1. The Morgan fingerprint density at radius 3 is 2.62 bits per heavy atom. The van der Waals surface area contributed by atoms with Crippen LogP contribution in [0.5, 0.6) is 5.75 Å². The lowest BCUT2D eigenvalue weighted by molar-refractivity contribution is 0.0696. The summed E-state index contributed by atoms with van der Waals surface area (Å²) in [5, 5.41) is 11.8. The van der Waals surface area contributed by atoms with E-state index in [1.54, 1.807) is 30.3 Å². The zero-order valence-corrected chi connectivity index (χ0v) is 14.1. The highest BCUT2D eigenvalue weighted by Gasteiger charge is 2.12. The Bertz CT molecular complexity index is 758. The van der Waals surface area contributed by atoms with Gasteiger partial charge in [0.25, 0.3) is 5.91 Å². The van der Waals surface area contributed by atoms with Crippen molar-refractivity contribution in [2.45, 2.75) is 13.8 Å². The first-order valence-corrected chi connectivity index (χ1v) is 7.81. The van der Waals surface area contributed by atoms with Gasteiger partial charge in [0.05, 0.1) is 17.2 Å². The number of carbonyl (C=O) groups excluding carboxylic acids is 1. The maximum Gasteiger partial charge on any atom is 0.337 e. The van der Waals surface area contributed by atoms with E-state index in [0.717, 1.165) is 0 Å². The van der Waals surface area contributed by atoms with Crippen LogP contribution in [0.3, 0.4) is 0 Å². The van der Waals surface area contributed by atoms with E-state index in [-0.39, 0.29) is 16.5 Å². The Balaban J connectivity index is 2.14. The zero-order valence-electron chi connectivity index (χ0n) is 13.4. The molecule has 0 aromatic heterocycles. The molecule has 0 aliphatic heterocycles. The van der Waals surface area contributed by atoms with Crippen molar-refractivity contribution < 1.29 is 19.4 Å². The number of amides is 1. The second kappa shape index (κ2) is 7.84. The van der Waals surface area contributed by atoms with E-state index >= 15 is 0 Å². The van der Waals surface area contributed by atoms with Crippen molar-refractivity contribution in [3.8, 4) is 5.75 Å². The van der Waals surface area contributed by atoms with Crippen molar-refractivity contribution in [1.82, 2.24) is 0 Å². The van der Waals surface area contributed by atoms with Crippen LogP contribution in [0.2, 0.25) is 5.02 Å². The molecular weight excluding hydrogens is 330 g/mol. The van der Waals surface area contributed by atoms with Crippen LogP contribution in [-0.2, 0) is 0 Å². The van der Waals surface area contributed by atoms with E-state index < -0.39 is 5.97 Å². The summed E-state index contributed by atoms with van der Waals surface area (Å²) in [6, 6.07) is 11.1.